The minimum absolute atomic E-state index is 0.245. The molecule has 2 aromatic heterocycles. The van der Waals surface area contributed by atoms with E-state index in [0.717, 1.165) is 16.9 Å². The number of rotatable bonds is 1. The Morgan fingerprint density at radius 3 is 2.69 bits per heavy atom. The molecule has 0 atom stereocenters. The van der Waals surface area contributed by atoms with Gasteiger partial charge in [-0.1, -0.05) is 0 Å². The Balaban J connectivity index is 2.15. The second kappa shape index (κ2) is 3.41. The largest absolute Gasteiger partial charge is 0.237 e. The zero-order valence-corrected chi connectivity index (χ0v) is 8.34. The maximum absolute atomic E-state index is 12.8. The number of halogens is 1. The van der Waals surface area contributed by atoms with Crippen LogP contribution in [0.25, 0.3) is 16.9 Å². The number of aromatic nitrogens is 3. The van der Waals surface area contributed by atoms with E-state index < -0.39 is 0 Å². The summed E-state index contributed by atoms with van der Waals surface area (Å²) in [6, 6.07) is 9.94. The molecule has 0 saturated heterocycles. The van der Waals surface area contributed by atoms with Crippen LogP contribution < -0.4 is 0 Å². The summed E-state index contributed by atoms with van der Waals surface area (Å²) < 4.78 is 14.5. The second-order valence-corrected chi connectivity index (χ2v) is 3.46. The van der Waals surface area contributed by atoms with Gasteiger partial charge in [0.25, 0.3) is 0 Å². The molecule has 0 spiro atoms. The lowest BCUT2D eigenvalue weighted by Gasteiger charge is -1.94. The molecule has 0 aliphatic rings. The number of hydrogen-bond acceptors (Lipinski definition) is 2. The van der Waals surface area contributed by atoms with E-state index in [1.807, 2.05) is 18.3 Å². The Morgan fingerprint density at radius 2 is 1.94 bits per heavy atom. The molecule has 3 rings (SSSR count). The molecular weight excluding hydrogens is 205 g/mol. The molecular formula is C12H8FN3. The zero-order valence-electron chi connectivity index (χ0n) is 8.34. The van der Waals surface area contributed by atoms with Gasteiger partial charge in [-0.3, -0.25) is 0 Å². The molecule has 0 unspecified atom stereocenters. The molecule has 78 valence electrons. The first-order valence-corrected chi connectivity index (χ1v) is 4.89. The molecule has 0 aliphatic heterocycles. The molecule has 0 aliphatic carbocycles. The van der Waals surface area contributed by atoms with Crippen molar-refractivity contribution < 1.29 is 4.39 Å². The molecule has 0 radical (unpaired) electrons. The predicted molar refractivity (Wildman–Crippen MR) is 58.4 cm³/mol. The maximum Gasteiger partial charge on any atom is 0.155 e. The van der Waals surface area contributed by atoms with Gasteiger partial charge in [0.1, 0.15) is 5.82 Å². The van der Waals surface area contributed by atoms with Crippen LogP contribution in [0.3, 0.4) is 0 Å². The van der Waals surface area contributed by atoms with Gasteiger partial charge in [-0.2, -0.15) is 5.10 Å². The van der Waals surface area contributed by atoms with Crippen LogP contribution in [-0.4, -0.2) is 14.6 Å². The summed E-state index contributed by atoms with van der Waals surface area (Å²) in [4.78, 5) is 4.17. The van der Waals surface area contributed by atoms with Crippen molar-refractivity contribution in [2.75, 3.05) is 0 Å². The average molecular weight is 213 g/mol. The van der Waals surface area contributed by atoms with E-state index in [0.29, 0.717) is 0 Å². The molecule has 0 bridgehead atoms. The molecule has 3 aromatic rings. The highest BCUT2D eigenvalue weighted by atomic mass is 19.1. The highest BCUT2D eigenvalue weighted by Gasteiger charge is 2.04. The lowest BCUT2D eigenvalue weighted by Crippen LogP contribution is -1.87. The standard InChI is InChI=1S/C12H8FN3/c13-10-4-2-9(3-5-10)11-8-12-14-6-1-7-16(12)15-11/h1-8H. The number of hydrogen-bond donors (Lipinski definition) is 0. The SMILES string of the molecule is Fc1ccc(-c2cc3ncccn3n2)cc1. The Morgan fingerprint density at radius 1 is 1.12 bits per heavy atom. The summed E-state index contributed by atoms with van der Waals surface area (Å²) >= 11 is 0. The van der Waals surface area contributed by atoms with E-state index in [2.05, 4.69) is 10.1 Å². The molecule has 3 nitrogen and oxygen atoms in total. The fourth-order valence-electron chi connectivity index (χ4n) is 1.59. The van der Waals surface area contributed by atoms with Gasteiger partial charge in [0.2, 0.25) is 0 Å². The average Bonchev–Trinajstić information content (AvgIpc) is 2.73. The minimum atomic E-state index is -0.245. The molecule has 0 fully saturated rings. The normalized spacial score (nSPS) is 10.8. The van der Waals surface area contributed by atoms with Crippen LogP contribution in [0, 0.1) is 5.82 Å². The third-order valence-corrected chi connectivity index (χ3v) is 2.38. The summed E-state index contributed by atoms with van der Waals surface area (Å²) in [6.07, 6.45) is 3.54. The van der Waals surface area contributed by atoms with Crippen LogP contribution >= 0.6 is 0 Å². The second-order valence-electron chi connectivity index (χ2n) is 3.46. The molecule has 4 heteroatoms. The molecule has 0 N–H and O–H groups in total. The predicted octanol–water partition coefficient (Wildman–Crippen LogP) is 2.54. The van der Waals surface area contributed by atoms with Crippen molar-refractivity contribution in [1.82, 2.24) is 14.6 Å². The molecule has 0 saturated carbocycles. The lowest BCUT2D eigenvalue weighted by molar-refractivity contribution is 0.628. The Kier molecular flexibility index (Phi) is 1.93. The first-order chi connectivity index (χ1) is 7.83. The summed E-state index contributed by atoms with van der Waals surface area (Å²) in [5.74, 6) is -0.245. The third-order valence-electron chi connectivity index (χ3n) is 2.38. The summed E-state index contributed by atoms with van der Waals surface area (Å²) in [6.45, 7) is 0. The Hall–Kier alpha value is -2.23. The topological polar surface area (TPSA) is 30.2 Å². The maximum atomic E-state index is 12.8. The van der Waals surface area contributed by atoms with Crippen LogP contribution in [0.15, 0.2) is 48.8 Å². The van der Waals surface area contributed by atoms with Crippen molar-refractivity contribution in [1.29, 1.82) is 0 Å². The van der Waals surface area contributed by atoms with Gasteiger partial charge in [-0.15, -0.1) is 0 Å². The molecule has 2 heterocycles. The third kappa shape index (κ3) is 1.44. The van der Waals surface area contributed by atoms with Crippen molar-refractivity contribution >= 4 is 5.65 Å². The highest BCUT2D eigenvalue weighted by molar-refractivity contribution is 5.63. The van der Waals surface area contributed by atoms with E-state index in [-0.39, 0.29) is 5.82 Å². The van der Waals surface area contributed by atoms with Crippen LogP contribution in [0.4, 0.5) is 4.39 Å². The first kappa shape index (κ1) is 9.03. The van der Waals surface area contributed by atoms with Crippen molar-refractivity contribution in [2.45, 2.75) is 0 Å². The van der Waals surface area contributed by atoms with Crippen molar-refractivity contribution in [2.24, 2.45) is 0 Å². The lowest BCUT2D eigenvalue weighted by atomic mass is 10.1. The summed E-state index contributed by atoms with van der Waals surface area (Å²) in [5.41, 5.74) is 2.45. The quantitative estimate of drug-likeness (QED) is 0.621. The zero-order chi connectivity index (χ0) is 11.0. The van der Waals surface area contributed by atoms with Gasteiger partial charge in [-0.05, 0) is 30.3 Å². The van der Waals surface area contributed by atoms with Gasteiger partial charge in [0, 0.05) is 24.0 Å². The van der Waals surface area contributed by atoms with Gasteiger partial charge in [-0.25, -0.2) is 13.9 Å². The van der Waals surface area contributed by atoms with E-state index in [9.17, 15) is 4.39 Å². The van der Waals surface area contributed by atoms with Crippen LogP contribution in [0.1, 0.15) is 0 Å². The van der Waals surface area contributed by atoms with Crippen molar-refractivity contribution in [3.8, 4) is 11.3 Å². The number of benzene rings is 1. The Bertz CT molecular complexity index is 595. The molecule has 16 heavy (non-hydrogen) atoms. The Labute approximate surface area is 91.2 Å². The first-order valence-electron chi connectivity index (χ1n) is 4.89. The van der Waals surface area contributed by atoms with Crippen LogP contribution in [-0.2, 0) is 0 Å². The van der Waals surface area contributed by atoms with E-state index in [1.54, 1.807) is 22.8 Å². The smallest absolute Gasteiger partial charge is 0.155 e. The number of nitrogens with zero attached hydrogens (tertiary/aromatic N) is 3. The van der Waals surface area contributed by atoms with Crippen molar-refractivity contribution in [3.63, 3.8) is 0 Å². The van der Waals surface area contributed by atoms with Gasteiger partial charge >= 0.3 is 0 Å². The fraction of sp³-hybridized carbons (Fsp3) is 0. The van der Waals surface area contributed by atoms with E-state index in [1.165, 1.54) is 12.1 Å². The van der Waals surface area contributed by atoms with Gasteiger partial charge in [0.15, 0.2) is 5.65 Å². The minimum Gasteiger partial charge on any atom is -0.237 e. The van der Waals surface area contributed by atoms with Crippen LogP contribution in [0.5, 0.6) is 0 Å². The number of fused-ring (bicyclic) bond motifs is 1. The monoisotopic (exact) mass is 213 g/mol. The van der Waals surface area contributed by atoms with Crippen molar-refractivity contribution in [3.05, 3.63) is 54.6 Å². The van der Waals surface area contributed by atoms with E-state index in [4.69, 9.17) is 0 Å². The molecule has 0 amide bonds. The van der Waals surface area contributed by atoms with Gasteiger partial charge < -0.3 is 0 Å². The highest BCUT2D eigenvalue weighted by Crippen LogP contribution is 2.18. The summed E-state index contributed by atoms with van der Waals surface area (Å²) in [7, 11) is 0. The van der Waals surface area contributed by atoms with Gasteiger partial charge in [0.05, 0.1) is 5.69 Å². The van der Waals surface area contributed by atoms with Crippen LogP contribution in [0.2, 0.25) is 0 Å². The van der Waals surface area contributed by atoms with E-state index >= 15 is 0 Å². The summed E-state index contributed by atoms with van der Waals surface area (Å²) in [5, 5.41) is 4.34. The molecule has 1 aromatic carbocycles. The fourth-order valence-corrected chi connectivity index (χ4v) is 1.59.